The summed E-state index contributed by atoms with van der Waals surface area (Å²) in [6.07, 6.45) is 1.25. The van der Waals surface area contributed by atoms with E-state index in [2.05, 4.69) is 10.3 Å². The maximum absolute atomic E-state index is 12.0. The number of aliphatic hydroxyl groups excluding tert-OH is 1. The minimum atomic E-state index is -0.611. The van der Waals surface area contributed by atoms with Crippen molar-refractivity contribution in [3.8, 4) is 0 Å². The molecule has 0 saturated carbocycles. The quantitative estimate of drug-likeness (QED) is 0.892. The van der Waals surface area contributed by atoms with E-state index in [0.29, 0.717) is 17.1 Å². The maximum atomic E-state index is 12.0. The number of nitrogens with one attached hydrogen (secondary N) is 1. The zero-order valence-electron chi connectivity index (χ0n) is 11.7. The minimum absolute atomic E-state index is 0.176. The van der Waals surface area contributed by atoms with Gasteiger partial charge in [0.2, 0.25) is 0 Å². The normalized spacial score (nSPS) is 13.5. The van der Waals surface area contributed by atoms with Crippen molar-refractivity contribution >= 4 is 17.5 Å². The summed E-state index contributed by atoms with van der Waals surface area (Å²) in [5, 5.41) is 13.4. The van der Waals surface area contributed by atoms with Crippen molar-refractivity contribution in [1.29, 1.82) is 0 Å². The third-order valence-corrected chi connectivity index (χ3v) is 3.32. The lowest BCUT2D eigenvalue weighted by atomic mass is 10.0. The Morgan fingerprint density at radius 1 is 1.29 bits per heavy atom. The highest BCUT2D eigenvalue weighted by Crippen LogP contribution is 2.17. The third-order valence-electron chi connectivity index (χ3n) is 3.10. The summed E-state index contributed by atoms with van der Waals surface area (Å²) < 4.78 is 0. The van der Waals surface area contributed by atoms with Crippen molar-refractivity contribution in [2.45, 2.75) is 25.5 Å². The van der Waals surface area contributed by atoms with Gasteiger partial charge < -0.3 is 10.4 Å². The number of carbonyl (C=O) groups is 1. The molecule has 0 spiro atoms. The lowest BCUT2D eigenvalue weighted by Crippen LogP contribution is -2.34. The molecule has 21 heavy (non-hydrogen) atoms. The van der Waals surface area contributed by atoms with Crippen LogP contribution in [-0.2, 0) is 0 Å². The second kappa shape index (κ2) is 7.20. The SMILES string of the molecule is CC(CC(O)c1ccccc1)NC(=O)c1ccc(Cl)cn1. The fourth-order valence-corrected chi connectivity index (χ4v) is 2.12. The molecule has 2 atom stereocenters. The van der Waals surface area contributed by atoms with Crippen molar-refractivity contribution in [3.05, 3.63) is 64.9 Å². The van der Waals surface area contributed by atoms with Crippen LogP contribution >= 0.6 is 11.6 Å². The van der Waals surface area contributed by atoms with Crippen LogP contribution in [-0.4, -0.2) is 22.0 Å². The first-order chi connectivity index (χ1) is 10.1. The average molecular weight is 305 g/mol. The molecule has 0 fully saturated rings. The standard InChI is InChI=1S/C16H17ClN2O2/c1-11(9-15(20)12-5-3-2-4-6-12)19-16(21)14-8-7-13(17)10-18-14/h2-8,10-11,15,20H,9H2,1H3,(H,19,21). The van der Waals surface area contributed by atoms with Crippen LogP contribution in [0.3, 0.4) is 0 Å². The second-order valence-electron chi connectivity index (χ2n) is 4.90. The highest BCUT2D eigenvalue weighted by Gasteiger charge is 2.15. The molecule has 2 rings (SSSR count). The first-order valence-corrected chi connectivity index (χ1v) is 7.09. The number of hydrogen-bond donors (Lipinski definition) is 2. The molecule has 110 valence electrons. The van der Waals surface area contributed by atoms with Crippen LogP contribution in [0.2, 0.25) is 5.02 Å². The van der Waals surface area contributed by atoms with Gasteiger partial charge in [0.15, 0.2) is 0 Å². The first-order valence-electron chi connectivity index (χ1n) is 6.71. The number of carbonyl (C=O) groups excluding carboxylic acids is 1. The monoisotopic (exact) mass is 304 g/mol. The van der Waals surface area contributed by atoms with Gasteiger partial charge >= 0.3 is 0 Å². The topological polar surface area (TPSA) is 62.2 Å². The highest BCUT2D eigenvalue weighted by atomic mass is 35.5. The molecule has 1 aromatic carbocycles. The van der Waals surface area contributed by atoms with E-state index in [4.69, 9.17) is 11.6 Å². The van der Waals surface area contributed by atoms with Crippen LogP contribution in [0.15, 0.2) is 48.7 Å². The maximum Gasteiger partial charge on any atom is 0.270 e. The number of pyridine rings is 1. The fraction of sp³-hybridized carbons (Fsp3) is 0.250. The Morgan fingerprint density at radius 2 is 2.00 bits per heavy atom. The van der Waals surface area contributed by atoms with Crippen molar-refractivity contribution < 1.29 is 9.90 Å². The van der Waals surface area contributed by atoms with E-state index < -0.39 is 6.10 Å². The summed E-state index contributed by atoms with van der Waals surface area (Å²) in [6, 6.07) is 12.4. The van der Waals surface area contributed by atoms with Gasteiger partial charge in [0.25, 0.3) is 5.91 Å². The van der Waals surface area contributed by atoms with E-state index in [1.165, 1.54) is 6.20 Å². The molecule has 4 nitrogen and oxygen atoms in total. The van der Waals surface area contributed by atoms with Gasteiger partial charge in [0.05, 0.1) is 11.1 Å². The van der Waals surface area contributed by atoms with Crippen molar-refractivity contribution in [3.63, 3.8) is 0 Å². The molecule has 0 aliphatic heterocycles. The van der Waals surface area contributed by atoms with Crippen LogP contribution in [0, 0.1) is 0 Å². The van der Waals surface area contributed by atoms with Crippen molar-refractivity contribution in [2.24, 2.45) is 0 Å². The number of nitrogens with zero attached hydrogens (tertiary/aromatic N) is 1. The van der Waals surface area contributed by atoms with E-state index in [1.54, 1.807) is 12.1 Å². The number of aromatic nitrogens is 1. The molecule has 1 amide bonds. The van der Waals surface area contributed by atoms with E-state index in [1.807, 2.05) is 37.3 Å². The Bertz CT molecular complexity index is 587. The number of aliphatic hydroxyl groups is 1. The smallest absolute Gasteiger partial charge is 0.270 e. The molecule has 2 unspecified atom stereocenters. The van der Waals surface area contributed by atoms with E-state index in [-0.39, 0.29) is 11.9 Å². The molecule has 0 radical (unpaired) electrons. The first kappa shape index (κ1) is 15.5. The Kier molecular flexibility index (Phi) is 5.31. The van der Waals surface area contributed by atoms with E-state index in [0.717, 1.165) is 5.56 Å². The van der Waals surface area contributed by atoms with Crippen LogP contribution < -0.4 is 5.32 Å². The summed E-state index contributed by atoms with van der Waals surface area (Å²) in [5.74, 6) is -0.278. The number of amides is 1. The van der Waals surface area contributed by atoms with Crippen LogP contribution in [0.1, 0.15) is 35.5 Å². The number of hydrogen-bond acceptors (Lipinski definition) is 3. The van der Waals surface area contributed by atoms with Crippen LogP contribution in [0.4, 0.5) is 0 Å². The molecular weight excluding hydrogens is 288 g/mol. The summed E-state index contributed by atoms with van der Waals surface area (Å²) in [6.45, 7) is 1.85. The molecular formula is C16H17ClN2O2. The largest absolute Gasteiger partial charge is 0.388 e. The molecule has 0 bridgehead atoms. The van der Waals surface area contributed by atoms with Gasteiger partial charge in [0.1, 0.15) is 5.69 Å². The van der Waals surface area contributed by atoms with Gasteiger partial charge in [-0.25, -0.2) is 4.98 Å². The molecule has 5 heteroatoms. The molecule has 0 aliphatic rings. The number of halogens is 1. The lowest BCUT2D eigenvalue weighted by Gasteiger charge is -2.18. The fourth-order valence-electron chi connectivity index (χ4n) is 2.01. The summed E-state index contributed by atoms with van der Waals surface area (Å²) in [5.41, 5.74) is 1.14. The van der Waals surface area contributed by atoms with Gasteiger partial charge in [-0.3, -0.25) is 4.79 Å². The zero-order valence-corrected chi connectivity index (χ0v) is 12.4. The number of rotatable bonds is 5. The second-order valence-corrected chi connectivity index (χ2v) is 5.33. The van der Waals surface area contributed by atoms with E-state index >= 15 is 0 Å². The van der Waals surface area contributed by atoms with Crippen molar-refractivity contribution in [1.82, 2.24) is 10.3 Å². The van der Waals surface area contributed by atoms with Gasteiger partial charge in [-0.2, -0.15) is 0 Å². The average Bonchev–Trinajstić information content (AvgIpc) is 2.48. The molecule has 1 aromatic heterocycles. The predicted molar refractivity (Wildman–Crippen MR) is 82.2 cm³/mol. The molecule has 0 saturated heterocycles. The third kappa shape index (κ3) is 4.55. The lowest BCUT2D eigenvalue weighted by molar-refractivity contribution is 0.0912. The summed E-state index contributed by atoms with van der Waals surface area (Å²) in [4.78, 5) is 15.9. The summed E-state index contributed by atoms with van der Waals surface area (Å²) >= 11 is 5.73. The Morgan fingerprint density at radius 3 is 2.62 bits per heavy atom. The molecule has 2 N–H and O–H groups in total. The Balaban J connectivity index is 1.91. The Labute approximate surface area is 128 Å². The van der Waals surface area contributed by atoms with Gasteiger partial charge in [-0.1, -0.05) is 41.9 Å². The number of benzene rings is 1. The van der Waals surface area contributed by atoms with Crippen molar-refractivity contribution in [2.75, 3.05) is 0 Å². The zero-order chi connectivity index (χ0) is 15.2. The van der Waals surface area contributed by atoms with Gasteiger partial charge in [0, 0.05) is 12.2 Å². The Hall–Kier alpha value is -1.91. The van der Waals surface area contributed by atoms with E-state index in [9.17, 15) is 9.90 Å². The minimum Gasteiger partial charge on any atom is -0.388 e. The van der Waals surface area contributed by atoms with Crippen LogP contribution in [0.25, 0.3) is 0 Å². The predicted octanol–water partition coefficient (Wildman–Crippen LogP) is 2.98. The molecule has 1 heterocycles. The molecule has 2 aromatic rings. The summed E-state index contributed by atoms with van der Waals surface area (Å²) in [7, 11) is 0. The highest BCUT2D eigenvalue weighted by molar-refractivity contribution is 6.30. The van der Waals surface area contributed by atoms with Gasteiger partial charge in [-0.05, 0) is 31.0 Å². The van der Waals surface area contributed by atoms with Gasteiger partial charge in [-0.15, -0.1) is 0 Å². The van der Waals surface area contributed by atoms with Crippen LogP contribution in [0.5, 0.6) is 0 Å². The molecule has 0 aliphatic carbocycles.